The van der Waals surface area contributed by atoms with Crippen LogP contribution < -0.4 is 5.32 Å². The van der Waals surface area contributed by atoms with Crippen molar-refractivity contribution in [3.8, 4) is 0 Å². The number of ether oxygens (including phenoxy) is 1. The minimum absolute atomic E-state index is 0.0578. The lowest BCUT2D eigenvalue weighted by Gasteiger charge is -2.19. The molecule has 0 bridgehead atoms. The summed E-state index contributed by atoms with van der Waals surface area (Å²) in [7, 11) is 0. The quantitative estimate of drug-likeness (QED) is 0.740. The summed E-state index contributed by atoms with van der Waals surface area (Å²) in [5, 5.41) is 11.9. The topological polar surface area (TPSA) is 70.9 Å². The highest BCUT2D eigenvalue weighted by Crippen LogP contribution is 2.13. The van der Waals surface area contributed by atoms with Crippen molar-refractivity contribution in [2.45, 2.75) is 39.8 Å². The molecule has 0 unspecified atom stereocenters. The van der Waals surface area contributed by atoms with E-state index in [1.54, 1.807) is 0 Å². The smallest absolute Gasteiger partial charge is 0.306 e. The lowest BCUT2D eigenvalue weighted by molar-refractivity contribution is -0.117. The first kappa shape index (κ1) is 14.0. The second kappa shape index (κ2) is 6.00. The maximum absolute atomic E-state index is 11.8. The van der Waals surface area contributed by atoms with Crippen molar-refractivity contribution < 1.29 is 14.6 Å². The van der Waals surface area contributed by atoms with Gasteiger partial charge in [0.15, 0.2) is 0 Å². The summed E-state index contributed by atoms with van der Waals surface area (Å²) in [6, 6.07) is -0.200. The number of aliphatic hydroxyl groups is 1. The number of nitrogens with one attached hydrogen (secondary N) is 1. The Hall–Kier alpha value is -1.10. The molecule has 5 nitrogen and oxygen atoms in total. The predicted octanol–water partition coefficient (Wildman–Crippen LogP) is 0.573. The Labute approximate surface area is 102 Å². The number of aliphatic imine (C=N–C) groups is 1. The van der Waals surface area contributed by atoms with Crippen molar-refractivity contribution in [3.63, 3.8) is 0 Å². The zero-order chi connectivity index (χ0) is 13.0. The molecule has 1 aliphatic rings. The van der Waals surface area contributed by atoms with Gasteiger partial charge < -0.3 is 15.2 Å². The summed E-state index contributed by atoms with van der Waals surface area (Å²) in [5.74, 6) is 0.342. The monoisotopic (exact) mass is 242 g/mol. The van der Waals surface area contributed by atoms with Crippen LogP contribution >= 0.6 is 0 Å². The van der Waals surface area contributed by atoms with Gasteiger partial charge in [0.05, 0.1) is 18.7 Å². The molecule has 1 amide bonds. The molecule has 0 aromatic carbocycles. The summed E-state index contributed by atoms with van der Waals surface area (Å²) in [4.78, 5) is 16.0. The second-order valence-corrected chi connectivity index (χ2v) is 5.06. The molecule has 1 heterocycles. The Morgan fingerprint density at radius 1 is 1.53 bits per heavy atom. The van der Waals surface area contributed by atoms with E-state index in [0.717, 1.165) is 0 Å². The van der Waals surface area contributed by atoms with Gasteiger partial charge in [-0.1, -0.05) is 27.7 Å². The highest BCUT2D eigenvalue weighted by molar-refractivity contribution is 6.35. The molecule has 0 aromatic heterocycles. The Kier molecular flexibility index (Phi) is 4.93. The molecule has 2 atom stereocenters. The highest BCUT2D eigenvalue weighted by Gasteiger charge is 2.28. The van der Waals surface area contributed by atoms with E-state index in [4.69, 9.17) is 9.84 Å². The minimum atomic E-state index is -0.332. The van der Waals surface area contributed by atoms with Gasteiger partial charge in [0.2, 0.25) is 0 Å². The molecule has 17 heavy (non-hydrogen) atoms. The van der Waals surface area contributed by atoms with Crippen molar-refractivity contribution in [1.29, 1.82) is 0 Å². The van der Waals surface area contributed by atoms with Crippen LogP contribution in [0.4, 0.5) is 0 Å². The van der Waals surface area contributed by atoms with Crippen molar-refractivity contribution >= 4 is 11.8 Å². The number of nitrogens with zero attached hydrogens (tertiary/aromatic N) is 1. The average Bonchev–Trinajstić information content (AvgIpc) is 2.74. The Morgan fingerprint density at radius 3 is 2.59 bits per heavy atom. The maximum Gasteiger partial charge on any atom is 0.306 e. The maximum atomic E-state index is 11.8. The third-order valence-corrected chi connectivity index (χ3v) is 2.96. The molecule has 5 heteroatoms. The number of carbonyl (C=O) groups excluding carboxylic acids is 1. The van der Waals surface area contributed by atoms with E-state index in [1.165, 1.54) is 0 Å². The fourth-order valence-electron chi connectivity index (χ4n) is 1.51. The van der Waals surface area contributed by atoms with Gasteiger partial charge >= 0.3 is 5.91 Å². The molecule has 2 N–H and O–H groups in total. The van der Waals surface area contributed by atoms with Gasteiger partial charge in [0, 0.05) is 0 Å². The molecule has 0 saturated carbocycles. The SMILES string of the molecule is CC(C)[C@H]1COC(C(=O)N[C@H](CO)C(C)C)=N1. The first-order valence-electron chi connectivity index (χ1n) is 6.08. The van der Waals surface area contributed by atoms with E-state index < -0.39 is 0 Å². The van der Waals surface area contributed by atoms with Crippen LogP contribution in [-0.4, -0.2) is 42.2 Å². The van der Waals surface area contributed by atoms with Crippen LogP contribution in [0, 0.1) is 11.8 Å². The number of rotatable bonds is 5. The summed E-state index contributed by atoms with van der Waals surface area (Å²) >= 11 is 0. The average molecular weight is 242 g/mol. The summed E-state index contributed by atoms with van der Waals surface area (Å²) < 4.78 is 5.27. The molecule has 0 fully saturated rings. The molecule has 98 valence electrons. The zero-order valence-corrected chi connectivity index (χ0v) is 10.9. The highest BCUT2D eigenvalue weighted by atomic mass is 16.5. The first-order chi connectivity index (χ1) is 7.95. The van der Waals surface area contributed by atoms with Crippen LogP contribution in [0.2, 0.25) is 0 Å². The standard InChI is InChI=1S/C12H22N2O3/c1-7(2)9(5-15)13-11(16)12-14-10(6-17-12)8(3)4/h7-10,15H,5-6H2,1-4H3,(H,13,16)/t9-,10-/m1/s1. The van der Waals surface area contributed by atoms with Crippen LogP contribution in [-0.2, 0) is 9.53 Å². The van der Waals surface area contributed by atoms with Crippen LogP contribution in [0.25, 0.3) is 0 Å². The molecule has 0 radical (unpaired) electrons. The van der Waals surface area contributed by atoms with Crippen LogP contribution in [0.3, 0.4) is 0 Å². The molecule has 1 aliphatic heterocycles. The summed E-state index contributed by atoms with van der Waals surface area (Å²) in [5.41, 5.74) is 0. The fourth-order valence-corrected chi connectivity index (χ4v) is 1.51. The van der Waals surface area contributed by atoms with Gasteiger partial charge in [-0.25, -0.2) is 4.99 Å². The third kappa shape index (κ3) is 3.70. The van der Waals surface area contributed by atoms with Crippen molar-refractivity contribution in [1.82, 2.24) is 5.32 Å². The largest absolute Gasteiger partial charge is 0.472 e. The summed E-state index contributed by atoms with van der Waals surface area (Å²) in [6.07, 6.45) is 0. The van der Waals surface area contributed by atoms with Gasteiger partial charge in [0.1, 0.15) is 6.61 Å². The minimum Gasteiger partial charge on any atom is -0.472 e. The van der Waals surface area contributed by atoms with Crippen LogP contribution in [0.15, 0.2) is 4.99 Å². The van der Waals surface area contributed by atoms with Gasteiger partial charge in [0.25, 0.3) is 5.90 Å². The molecule has 0 spiro atoms. The predicted molar refractivity (Wildman–Crippen MR) is 65.9 cm³/mol. The van der Waals surface area contributed by atoms with Gasteiger partial charge in [-0.2, -0.15) is 0 Å². The first-order valence-corrected chi connectivity index (χ1v) is 6.08. The Morgan fingerprint density at radius 2 is 2.18 bits per heavy atom. The van der Waals surface area contributed by atoms with Gasteiger partial charge in [-0.05, 0) is 11.8 Å². The number of hydrogen-bond donors (Lipinski definition) is 2. The molecule has 0 saturated heterocycles. The molecule has 1 rings (SSSR count). The number of hydrogen-bond acceptors (Lipinski definition) is 4. The summed E-state index contributed by atoms with van der Waals surface area (Å²) in [6.45, 7) is 8.35. The van der Waals surface area contributed by atoms with Crippen LogP contribution in [0.5, 0.6) is 0 Å². The zero-order valence-electron chi connectivity index (χ0n) is 10.9. The Balaban J connectivity index is 2.57. The molecule has 0 aromatic rings. The second-order valence-electron chi connectivity index (χ2n) is 5.06. The molecule has 0 aliphatic carbocycles. The van der Waals surface area contributed by atoms with E-state index in [2.05, 4.69) is 10.3 Å². The number of carbonyl (C=O) groups is 1. The van der Waals surface area contributed by atoms with Crippen molar-refractivity contribution in [3.05, 3.63) is 0 Å². The van der Waals surface area contributed by atoms with Crippen molar-refractivity contribution in [2.24, 2.45) is 16.8 Å². The van der Waals surface area contributed by atoms with E-state index in [0.29, 0.717) is 12.5 Å². The van der Waals surface area contributed by atoms with E-state index in [1.807, 2.05) is 27.7 Å². The molecular weight excluding hydrogens is 220 g/mol. The fraction of sp³-hybridized carbons (Fsp3) is 0.833. The third-order valence-electron chi connectivity index (χ3n) is 2.96. The van der Waals surface area contributed by atoms with E-state index in [9.17, 15) is 4.79 Å². The van der Waals surface area contributed by atoms with E-state index >= 15 is 0 Å². The van der Waals surface area contributed by atoms with E-state index in [-0.39, 0.29) is 36.4 Å². The molecular formula is C12H22N2O3. The number of aliphatic hydroxyl groups excluding tert-OH is 1. The Bertz CT molecular complexity index is 300. The number of amides is 1. The normalized spacial score (nSPS) is 21.4. The van der Waals surface area contributed by atoms with Gasteiger partial charge in [-0.15, -0.1) is 0 Å². The lowest BCUT2D eigenvalue weighted by Crippen LogP contribution is -2.44. The van der Waals surface area contributed by atoms with Crippen LogP contribution in [0.1, 0.15) is 27.7 Å². The van der Waals surface area contributed by atoms with Gasteiger partial charge in [-0.3, -0.25) is 4.79 Å². The lowest BCUT2D eigenvalue weighted by atomic mass is 10.1. The van der Waals surface area contributed by atoms with Crippen molar-refractivity contribution in [2.75, 3.05) is 13.2 Å².